The van der Waals surface area contributed by atoms with Crippen LogP contribution in [-0.2, 0) is 9.53 Å². The number of amides is 1. The van der Waals surface area contributed by atoms with Crippen molar-refractivity contribution in [2.75, 3.05) is 13.1 Å². The van der Waals surface area contributed by atoms with E-state index in [0.717, 1.165) is 38.8 Å². The fourth-order valence-corrected chi connectivity index (χ4v) is 3.13. The highest BCUT2D eigenvalue weighted by molar-refractivity contribution is 5.85. The Labute approximate surface area is 128 Å². The lowest BCUT2D eigenvalue weighted by Gasteiger charge is -2.42. The molecule has 0 aliphatic carbocycles. The fraction of sp³-hybridized carbons (Fsp3) is 0.933. The third-order valence-corrected chi connectivity index (χ3v) is 4.66. The summed E-state index contributed by atoms with van der Waals surface area (Å²) in [5.41, 5.74) is 6.14. The molecule has 0 spiro atoms. The average molecular weight is 305 g/mol. The molecule has 2 aliphatic rings. The minimum absolute atomic E-state index is 0. The highest BCUT2D eigenvalue weighted by Crippen LogP contribution is 2.29. The molecule has 2 heterocycles. The van der Waals surface area contributed by atoms with Crippen LogP contribution in [0.2, 0.25) is 0 Å². The Morgan fingerprint density at radius 3 is 2.60 bits per heavy atom. The van der Waals surface area contributed by atoms with Gasteiger partial charge in [0, 0.05) is 25.6 Å². The molecule has 2 N–H and O–H groups in total. The molecule has 2 rings (SSSR count). The monoisotopic (exact) mass is 304 g/mol. The Hall–Kier alpha value is -0.320. The van der Waals surface area contributed by atoms with Crippen molar-refractivity contribution in [3.63, 3.8) is 0 Å². The Balaban J connectivity index is 0.00000200. The number of rotatable bonds is 3. The van der Waals surface area contributed by atoms with E-state index >= 15 is 0 Å². The number of ether oxygens (including phenoxy) is 1. The largest absolute Gasteiger partial charge is 0.375 e. The molecule has 0 radical (unpaired) electrons. The molecule has 2 fully saturated rings. The summed E-state index contributed by atoms with van der Waals surface area (Å²) < 4.78 is 5.77. The van der Waals surface area contributed by atoms with E-state index in [0.29, 0.717) is 18.6 Å². The van der Waals surface area contributed by atoms with Gasteiger partial charge in [-0.05, 0) is 38.0 Å². The number of piperidine rings is 1. The third kappa shape index (κ3) is 4.34. The van der Waals surface area contributed by atoms with Crippen LogP contribution in [0.15, 0.2) is 0 Å². The maximum absolute atomic E-state index is 12.3. The van der Waals surface area contributed by atoms with Crippen molar-refractivity contribution < 1.29 is 9.53 Å². The Morgan fingerprint density at radius 1 is 1.35 bits per heavy atom. The number of carbonyl (C=O) groups is 1. The quantitative estimate of drug-likeness (QED) is 0.871. The van der Waals surface area contributed by atoms with Crippen molar-refractivity contribution in [3.05, 3.63) is 0 Å². The molecule has 1 amide bonds. The molecule has 2 aliphatic heterocycles. The first-order chi connectivity index (χ1) is 8.88. The summed E-state index contributed by atoms with van der Waals surface area (Å²) in [6, 6.07) is 0.204. The van der Waals surface area contributed by atoms with E-state index in [4.69, 9.17) is 10.5 Å². The van der Waals surface area contributed by atoms with Gasteiger partial charge in [-0.15, -0.1) is 12.4 Å². The zero-order valence-corrected chi connectivity index (χ0v) is 13.7. The zero-order chi connectivity index (χ0) is 14.0. The molecule has 3 unspecified atom stereocenters. The topological polar surface area (TPSA) is 55.6 Å². The van der Waals surface area contributed by atoms with Crippen LogP contribution in [0, 0.1) is 5.41 Å². The number of halogens is 1. The average Bonchev–Trinajstić information content (AvgIpc) is 2.75. The van der Waals surface area contributed by atoms with Crippen LogP contribution in [0.25, 0.3) is 0 Å². The number of nitrogens with two attached hydrogens (primary N) is 1. The minimum Gasteiger partial charge on any atom is -0.375 e. The van der Waals surface area contributed by atoms with Gasteiger partial charge in [-0.25, -0.2) is 0 Å². The highest BCUT2D eigenvalue weighted by Gasteiger charge is 2.35. The van der Waals surface area contributed by atoms with Crippen LogP contribution in [-0.4, -0.2) is 42.1 Å². The van der Waals surface area contributed by atoms with E-state index in [1.165, 1.54) is 0 Å². The summed E-state index contributed by atoms with van der Waals surface area (Å²) in [5, 5.41) is 0. The number of carbonyl (C=O) groups excluding carboxylic acids is 1. The van der Waals surface area contributed by atoms with Crippen LogP contribution >= 0.6 is 12.4 Å². The van der Waals surface area contributed by atoms with Crippen molar-refractivity contribution in [2.24, 2.45) is 11.1 Å². The molecule has 0 aromatic carbocycles. The van der Waals surface area contributed by atoms with Crippen LogP contribution < -0.4 is 5.73 Å². The van der Waals surface area contributed by atoms with Gasteiger partial charge in [0.2, 0.25) is 5.91 Å². The summed E-state index contributed by atoms with van der Waals surface area (Å²) in [6.45, 7) is 8.01. The SMILES string of the molecule is CC1CCC(CCC(=O)N2CCC(N)C(C)(C)C2)O1.Cl. The van der Waals surface area contributed by atoms with Gasteiger partial charge in [-0.3, -0.25) is 4.79 Å². The van der Waals surface area contributed by atoms with E-state index in [9.17, 15) is 4.79 Å². The van der Waals surface area contributed by atoms with Crippen molar-refractivity contribution in [2.45, 2.75) is 71.1 Å². The summed E-state index contributed by atoms with van der Waals surface area (Å²) in [7, 11) is 0. The van der Waals surface area contributed by atoms with Crippen LogP contribution in [0.5, 0.6) is 0 Å². The maximum Gasteiger partial charge on any atom is 0.222 e. The second-order valence-electron chi connectivity index (χ2n) is 6.88. The smallest absolute Gasteiger partial charge is 0.222 e. The predicted octanol–water partition coefficient (Wildman–Crippen LogP) is 2.34. The Morgan fingerprint density at radius 2 is 2.05 bits per heavy atom. The lowest BCUT2D eigenvalue weighted by atomic mass is 9.79. The molecule has 0 aromatic rings. The second-order valence-corrected chi connectivity index (χ2v) is 6.88. The van der Waals surface area contributed by atoms with Gasteiger partial charge in [0.05, 0.1) is 12.2 Å². The van der Waals surface area contributed by atoms with Crippen molar-refractivity contribution in [3.8, 4) is 0 Å². The van der Waals surface area contributed by atoms with E-state index in [1.807, 2.05) is 4.90 Å². The van der Waals surface area contributed by atoms with Gasteiger partial charge in [0.1, 0.15) is 0 Å². The lowest BCUT2D eigenvalue weighted by Crippen LogP contribution is -2.54. The highest BCUT2D eigenvalue weighted by atomic mass is 35.5. The molecule has 5 heteroatoms. The van der Waals surface area contributed by atoms with Crippen molar-refractivity contribution in [1.82, 2.24) is 4.90 Å². The molecule has 0 bridgehead atoms. The third-order valence-electron chi connectivity index (χ3n) is 4.66. The van der Waals surface area contributed by atoms with Gasteiger partial charge in [0.15, 0.2) is 0 Å². The Bertz CT molecular complexity index is 336. The number of nitrogens with zero attached hydrogens (tertiary/aromatic N) is 1. The number of likely N-dealkylation sites (tertiary alicyclic amines) is 1. The maximum atomic E-state index is 12.3. The molecular formula is C15H29ClN2O2. The van der Waals surface area contributed by atoms with Gasteiger partial charge < -0.3 is 15.4 Å². The Kier molecular flexibility index (Phi) is 6.29. The van der Waals surface area contributed by atoms with E-state index in [-0.39, 0.29) is 29.8 Å². The molecule has 3 atom stereocenters. The first-order valence-corrected chi connectivity index (χ1v) is 7.57. The second kappa shape index (κ2) is 7.10. The lowest BCUT2D eigenvalue weighted by molar-refractivity contribution is -0.135. The first-order valence-electron chi connectivity index (χ1n) is 7.57. The van der Waals surface area contributed by atoms with Gasteiger partial charge in [-0.2, -0.15) is 0 Å². The molecule has 0 aromatic heterocycles. The zero-order valence-electron chi connectivity index (χ0n) is 12.9. The molecule has 4 nitrogen and oxygen atoms in total. The normalized spacial score (nSPS) is 32.8. The first kappa shape index (κ1) is 17.7. The van der Waals surface area contributed by atoms with Crippen LogP contribution in [0.4, 0.5) is 0 Å². The summed E-state index contributed by atoms with van der Waals surface area (Å²) in [4.78, 5) is 14.2. The van der Waals surface area contributed by atoms with Gasteiger partial charge in [-0.1, -0.05) is 13.8 Å². The number of hydrogen-bond acceptors (Lipinski definition) is 3. The molecule has 2 saturated heterocycles. The van der Waals surface area contributed by atoms with E-state index in [2.05, 4.69) is 20.8 Å². The summed E-state index contributed by atoms with van der Waals surface area (Å²) >= 11 is 0. The standard InChI is InChI=1S/C15H28N2O2.ClH/c1-11-4-5-12(19-11)6-7-14(18)17-9-8-13(16)15(2,3)10-17;/h11-13H,4-10,16H2,1-3H3;1H. The van der Waals surface area contributed by atoms with Crippen molar-refractivity contribution >= 4 is 18.3 Å². The molecular weight excluding hydrogens is 276 g/mol. The van der Waals surface area contributed by atoms with Crippen LogP contribution in [0.3, 0.4) is 0 Å². The van der Waals surface area contributed by atoms with Gasteiger partial charge >= 0.3 is 0 Å². The predicted molar refractivity (Wildman–Crippen MR) is 83.0 cm³/mol. The summed E-state index contributed by atoms with van der Waals surface area (Å²) in [5.74, 6) is 0.267. The van der Waals surface area contributed by atoms with Crippen molar-refractivity contribution in [1.29, 1.82) is 0 Å². The summed E-state index contributed by atoms with van der Waals surface area (Å²) in [6.07, 6.45) is 5.28. The van der Waals surface area contributed by atoms with Gasteiger partial charge in [0.25, 0.3) is 0 Å². The number of hydrogen-bond donors (Lipinski definition) is 1. The molecule has 20 heavy (non-hydrogen) atoms. The fourth-order valence-electron chi connectivity index (χ4n) is 3.13. The van der Waals surface area contributed by atoms with Crippen LogP contribution in [0.1, 0.15) is 52.9 Å². The minimum atomic E-state index is 0. The van der Waals surface area contributed by atoms with E-state index < -0.39 is 0 Å². The molecule has 0 saturated carbocycles. The van der Waals surface area contributed by atoms with E-state index in [1.54, 1.807) is 0 Å². The molecule has 118 valence electrons.